The average molecular weight is 137 g/mol. The Balaban J connectivity index is 2.87. The lowest BCUT2D eigenvalue weighted by molar-refractivity contribution is 0.519. The fraction of sp³-hybridized carbons (Fsp3) is 0.714. The van der Waals surface area contributed by atoms with E-state index in [-0.39, 0.29) is 0 Å². The van der Waals surface area contributed by atoms with Gasteiger partial charge in [0.1, 0.15) is 11.3 Å². The first-order valence-electron chi connectivity index (χ1n) is 3.47. The van der Waals surface area contributed by atoms with Gasteiger partial charge in [0.2, 0.25) is 0 Å². The highest BCUT2D eigenvalue weighted by atomic mass is 14.9. The van der Waals surface area contributed by atoms with Crippen LogP contribution < -0.4 is 5.73 Å². The number of nitriles is 1. The molecular formula is C7H11N3. The lowest BCUT2D eigenvalue weighted by Gasteiger charge is -2.16. The standard InChI is InChI=1S/C7H11N3/c1-2-7(5-8)3-4-10-6(7)9/h2-4H2,1H3,(H2,9,10). The molecule has 0 amide bonds. The summed E-state index contributed by atoms with van der Waals surface area (Å²) in [6.45, 7) is 2.68. The Morgan fingerprint density at radius 1 is 1.90 bits per heavy atom. The summed E-state index contributed by atoms with van der Waals surface area (Å²) in [5, 5.41) is 8.78. The van der Waals surface area contributed by atoms with Crippen LogP contribution in [0.2, 0.25) is 0 Å². The zero-order valence-electron chi connectivity index (χ0n) is 6.09. The minimum absolute atomic E-state index is 0.431. The van der Waals surface area contributed by atoms with Crippen LogP contribution in [0.25, 0.3) is 0 Å². The average Bonchev–Trinajstić information content (AvgIpc) is 2.32. The van der Waals surface area contributed by atoms with Gasteiger partial charge in [-0.3, -0.25) is 4.99 Å². The summed E-state index contributed by atoms with van der Waals surface area (Å²) in [6.07, 6.45) is 1.57. The number of amidine groups is 1. The topological polar surface area (TPSA) is 62.2 Å². The van der Waals surface area contributed by atoms with Crippen molar-refractivity contribution in [1.82, 2.24) is 0 Å². The molecule has 0 bridgehead atoms. The van der Waals surface area contributed by atoms with Gasteiger partial charge in [0.05, 0.1) is 6.07 Å². The van der Waals surface area contributed by atoms with E-state index in [1.54, 1.807) is 0 Å². The predicted octanol–water partition coefficient (Wildman–Crippen LogP) is 0.667. The van der Waals surface area contributed by atoms with Crippen molar-refractivity contribution in [2.24, 2.45) is 16.1 Å². The lowest BCUT2D eigenvalue weighted by atomic mass is 9.84. The first-order valence-corrected chi connectivity index (χ1v) is 3.47. The molecule has 1 unspecified atom stereocenters. The second kappa shape index (κ2) is 2.30. The zero-order chi connectivity index (χ0) is 7.61. The second-order valence-electron chi connectivity index (χ2n) is 2.56. The molecule has 0 aromatic heterocycles. The molecule has 0 aromatic carbocycles. The Hall–Kier alpha value is -1.04. The van der Waals surface area contributed by atoms with Gasteiger partial charge in [0.15, 0.2) is 0 Å². The Kier molecular flexibility index (Phi) is 1.62. The van der Waals surface area contributed by atoms with Crippen molar-refractivity contribution in [2.75, 3.05) is 6.54 Å². The molecule has 0 spiro atoms. The van der Waals surface area contributed by atoms with E-state index in [1.807, 2.05) is 6.92 Å². The molecule has 1 atom stereocenters. The summed E-state index contributed by atoms with van der Waals surface area (Å²) in [4.78, 5) is 4.00. The third-order valence-electron chi connectivity index (χ3n) is 2.13. The van der Waals surface area contributed by atoms with Gasteiger partial charge in [-0.25, -0.2) is 0 Å². The summed E-state index contributed by atoms with van der Waals surface area (Å²) in [5.41, 5.74) is 5.13. The van der Waals surface area contributed by atoms with Crippen LogP contribution in [0.1, 0.15) is 19.8 Å². The molecule has 10 heavy (non-hydrogen) atoms. The second-order valence-corrected chi connectivity index (χ2v) is 2.56. The molecule has 2 N–H and O–H groups in total. The van der Waals surface area contributed by atoms with E-state index in [9.17, 15) is 0 Å². The van der Waals surface area contributed by atoms with Crippen LogP contribution in [0.5, 0.6) is 0 Å². The van der Waals surface area contributed by atoms with Crippen molar-refractivity contribution in [1.29, 1.82) is 5.26 Å². The van der Waals surface area contributed by atoms with Crippen LogP contribution in [0, 0.1) is 16.7 Å². The van der Waals surface area contributed by atoms with E-state index < -0.39 is 5.41 Å². The Morgan fingerprint density at radius 2 is 2.60 bits per heavy atom. The fourth-order valence-corrected chi connectivity index (χ4v) is 1.20. The summed E-state index contributed by atoms with van der Waals surface area (Å²) < 4.78 is 0. The number of hydrogen-bond acceptors (Lipinski definition) is 3. The van der Waals surface area contributed by atoms with Crippen LogP contribution in [0.15, 0.2) is 4.99 Å². The monoisotopic (exact) mass is 137 g/mol. The maximum Gasteiger partial charge on any atom is 0.115 e. The molecule has 0 saturated carbocycles. The molecule has 0 aliphatic carbocycles. The fourth-order valence-electron chi connectivity index (χ4n) is 1.20. The van der Waals surface area contributed by atoms with Crippen molar-refractivity contribution in [2.45, 2.75) is 19.8 Å². The highest BCUT2D eigenvalue weighted by Crippen LogP contribution is 2.29. The highest BCUT2D eigenvalue weighted by molar-refractivity contribution is 5.90. The summed E-state index contributed by atoms with van der Waals surface area (Å²) in [6, 6.07) is 2.22. The van der Waals surface area contributed by atoms with Crippen LogP contribution >= 0.6 is 0 Å². The Bertz CT molecular complexity index is 201. The zero-order valence-corrected chi connectivity index (χ0v) is 6.09. The molecule has 54 valence electrons. The van der Waals surface area contributed by atoms with Gasteiger partial charge in [-0.2, -0.15) is 5.26 Å². The molecule has 1 heterocycles. The third-order valence-corrected chi connectivity index (χ3v) is 2.13. The first kappa shape index (κ1) is 7.07. The minimum atomic E-state index is -0.431. The van der Waals surface area contributed by atoms with Crippen LogP contribution in [-0.2, 0) is 0 Å². The number of rotatable bonds is 1. The van der Waals surface area contributed by atoms with Crippen LogP contribution in [-0.4, -0.2) is 12.4 Å². The van der Waals surface area contributed by atoms with Gasteiger partial charge in [-0.05, 0) is 12.8 Å². The van der Waals surface area contributed by atoms with Crippen molar-refractivity contribution >= 4 is 5.84 Å². The van der Waals surface area contributed by atoms with Gasteiger partial charge >= 0.3 is 0 Å². The molecule has 0 aromatic rings. The van der Waals surface area contributed by atoms with Crippen molar-refractivity contribution in [3.05, 3.63) is 0 Å². The Morgan fingerprint density at radius 3 is 2.80 bits per heavy atom. The number of nitrogens with two attached hydrogens (primary N) is 1. The van der Waals surface area contributed by atoms with Crippen molar-refractivity contribution < 1.29 is 0 Å². The van der Waals surface area contributed by atoms with Crippen molar-refractivity contribution in [3.63, 3.8) is 0 Å². The third kappa shape index (κ3) is 0.766. The van der Waals surface area contributed by atoms with E-state index >= 15 is 0 Å². The molecule has 0 fully saturated rings. The molecular weight excluding hydrogens is 126 g/mol. The number of nitrogens with zero attached hydrogens (tertiary/aromatic N) is 2. The number of aliphatic imine (C=N–C) groups is 1. The summed E-state index contributed by atoms with van der Waals surface area (Å²) in [5.74, 6) is 0.525. The van der Waals surface area contributed by atoms with E-state index in [4.69, 9.17) is 11.0 Å². The van der Waals surface area contributed by atoms with Crippen molar-refractivity contribution in [3.8, 4) is 6.07 Å². The largest absolute Gasteiger partial charge is 0.386 e. The lowest BCUT2D eigenvalue weighted by Crippen LogP contribution is -2.31. The van der Waals surface area contributed by atoms with E-state index in [2.05, 4.69) is 11.1 Å². The molecule has 1 rings (SSSR count). The van der Waals surface area contributed by atoms with Gasteiger partial charge in [-0.1, -0.05) is 6.92 Å². The van der Waals surface area contributed by atoms with Gasteiger partial charge in [0, 0.05) is 6.54 Å². The van der Waals surface area contributed by atoms with E-state index in [1.165, 1.54) is 0 Å². The molecule has 3 nitrogen and oxygen atoms in total. The molecule has 3 heteroatoms. The molecule has 1 aliphatic heterocycles. The number of hydrogen-bond donors (Lipinski definition) is 1. The van der Waals surface area contributed by atoms with Gasteiger partial charge in [0.25, 0.3) is 0 Å². The maximum absolute atomic E-state index is 8.78. The SMILES string of the molecule is CCC1(C#N)CCN=C1N. The Labute approximate surface area is 60.6 Å². The summed E-state index contributed by atoms with van der Waals surface area (Å²) in [7, 11) is 0. The van der Waals surface area contributed by atoms with E-state index in [0.717, 1.165) is 12.8 Å². The minimum Gasteiger partial charge on any atom is -0.386 e. The summed E-state index contributed by atoms with van der Waals surface area (Å²) >= 11 is 0. The van der Waals surface area contributed by atoms with E-state index in [0.29, 0.717) is 12.4 Å². The smallest absolute Gasteiger partial charge is 0.115 e. The predicted molar refractivity (Wildman–Crippen MR) is 39.4 cm³/mol. The van der Waals surface area contributed by atoms with Gasteiger partial charge < -0.3 is 5.73 Å². The molecule has 1 aliphatic rings. The maximum atomic E-state index is 8.78. The highest BCUT2D eigenvalue weighted by Gasteiger charge is 2.35. The normalized spacial score (nSPS) is 31.4. The van der Waals surface area contributed by atoms with Gasteiger partial charge in [-0.15, -0.1) is 0 Å². The quantitative estimate of drug-likeness (QED) is 0.577. The van der Waals surface area contributed by atoms with Crippen LogP contribution in [0.3, 0.4) is 0 Å². The van der Waals surface area contributed by atoms with Crippen LogP contribution in [0.4, 0.5) is 0 Å². The molecule has 0 saturated heterocycles. The first-order chi connectivity index (χ1) is 4.75. The molecule has 0 radical (unpaired) electrons.